The zero-order valence-electron chi connectivity index (χ0n) is 10.1. The summed E-state index contributed by atoms with van der Waals surface area (Å²) in [5, 5.41) is 3.19. The molecule has 20 heavy (non-hydrogen) atoms. The molecule has 1 N–H and O–H groups in total. The second kappa shape index (κ2) is 6.22. The number of nitrogens with one attached hydrogen (secondary N) is 1. The maximum Gasteiger partial charge on any atom is 0.416 e. The number of benzene rings is 2. The monoisotopic (exact) mass is 411 g/mol. The normalized spacial score (nSPS) is 11.4. The number of alkyl halides is 3. The SMILES string of the molecule is FC(F)(F)c1ccc(Cl)c(NCc2ccc(I)cc2)c1. The van der Waals surface area contributed by atoms with Gasteiger partial charge < -0.3 is 5.32 Å². The van der Waals surface area contributed by atoms with Gasteiger partial charge >= 0.3 is 6.18 Å². The van der Waals surface area contributed by atoms with Crippen LogP contribution < -0.4 is 5.32 Å². The summed E-state index contributed by atoms with van der Waals surface area (Å²) in [4.78, 5) is 0. The molecule has 0 aliphatic heterocycles. The minimum atomic E-state index is -4.37. The Bertz CT molecular complexity index is 596. The van der Waals surface area contributed by atoms with Gasteiger partial charge in [-0.15, -0.1) is 0 Å². The van der Waals surface area contributed by atoms with Crippen molar-refractivity contribution < 1.29 is 13.2 Å². The van der Waals surface area contributed by atoms with E-state index in [1.807, 2.05) is 24.3 Å². The molecule has 0 aliphatic carbocycles. The third kappa shape index (κ3) is 4.02. The molecule has 0 atom stereocenters. The predicted molar refractivity (Wildman–Crippen MR) is 82.9 cm³/mol. The minimum Gasteiger partial charge on any atom is -0.380 e. The lowest BCUT2D eigenvalue weighted by Gasteiger charge is -2.12. The lowest BCUT2D eigenvalue weighted by Crippen LogP contribution is -2.07. The van der Waals surface area contributed by atoms with Crippen LogP contribution in [0.2, 0.25) is 5.02 Å². The van der Waals surface area contributed by atoms with Crippen LogP contribution in [0.25, 0.3) is 0 Å². The average molecular weight is 412 g/mol. The molecule has 6 heteroatoms. The fraction of sp³-hybridized carbons (Fsp3) is 0.143. The molecular weight excluding hydrogens is 402 g/mol. The molecular formula is C14H10ClF3IN. The van der Waals surface area contributed by atoms with Crippen molar-refractivity contribution in [2.45, 2.75) is 12.7 Å². The number of hydrogen-bond acceptors (Lipinski definition) is 1. The Morgan fingerprint density at radius 1 is 1.05 bits per heavy atom. The second-order valence-corrected chi connectivity index (χ2v) is 5.83. The van der Waals surface area contributed by atoms with Crippen molar-refractivity contribution in [2.75, 3.05) is 5.32 Å². The van der Waals surface area contributed by atoms with E-state index >= 15 is 0 Å². The van der Waals surface area contributed by atoms with Gasteiger partial charge in [0, 0.05) is 10.1 Å². The van der Waals surface area contributed by atoms with Crippen molar-refractivity contribution >= 4 is 39.9 Å². The molecule has 0 aliphatic rings. The summed E-state index contributed by atoms with van der Waals surface area (Å²) in [5.74, 6) is 0. The maximum absolute atomic E-state index is 12.6. The first kappa shape index (κ1) is 15.4. The van der Waals surface area contributed by atoms with Crippen LogP contribution in [0.4, 0.5) is 18.9 Å². The summed E-state index contributed by atoms with van der Waals surface area (Å²) in [7, 11) is 0. The van der Waals surface area contributed by atoms with Crippen LogP contribution in [0, 0.1) is 3.57 Å². The van der Waals surface area contributed by atoms with Crippen molar-refractivity contribution in [1.82, 2.24) is 0 Å². The van der Waals surface area contributed by atoms with Crippen molar-refractivity contribution in [1.29, 1.82) is 0 Å². The predicted octanol–water partition coefficient (Wildman–Crippen LogP) is 5.58. The van der Waals surface area contributed by atoms with Gasteiger partial charge in [0.15, 0.2) is 0 Å². The summed E-state index contributed by atoms with van der Waals surface area (Å²) < 4.78 is 39.0. The summed E-state index contributed by atoms with van der Waals surface area (Å²) in [5.41, 5.74) is 0.533. The van der Waals surface area contributed by atoms with Gasteiger partial charge in [-0.05, 0) is 58.5 Å². The van der Waals surface area contributed by atoms with Gasteiger partial charge in [0.05, 0.1) is 16.3 Å². The van der Waals surface area contributed by atoms with E-state index in [1.165, 1.54) is 6.07 Å². The fourth-order valence-electron chi connectivity index (χ4n) is 1.64. The van der Waals surface area contributed by atoms with Crippen LogP contribution in [-0.2, 0) is 12.7 Å². The molecule has 106 valence electrons. The highest BCUT2D eigenvalue weighted by Crippen LogP contribution is 2.33. The van der Waals surface area contributed by atoms with Crippen LogP contribution in [0.15, 0.2) is 42.5 Å². The Labute approximate surface area is 133 Å². The van der Waals surface area contributed by atoms with Gasteiger partial charge in [-0.25, -0.2) is 0 Å². The second-order valence-electron chi connectivity index (χ2n) is 4.17. The van der Waals surface area contributed by atoms with Crippen molar-refractivity contribution in [3.63, 3.8) is 0 Å². The zero-order chi connectivity index (χ0) is 14.8. The van der Waals surface area contributed by atoms with Gasteiger partial charge in [-0.1, -0.05) is 23.7 Å². The first-order chi connectivity index (χ1) is 9.36. The maximum atomic E-state index is 12.6. The lowest BCUT2D eigenvalue weighted by atomic mass is 10.1. The molecule has 2 aromatic carbocycles. The summed E-state index contributed by atoms with van der Waals surface area (Å²) in [6, 6.07) is 10.9. The third-order valence-electron chi connectivity index (χ3n) is 2.69. The molecule has 1 nitrogen and oxygen atoms in total. The number of halogens is 5. The number of rotatable bonds is 3. The molecule has 0 radical (unpaired) electrons. The Morgan fingerprint density at radius 3 is 2.30 bits per heavy atom. The molecule has 0 spiro atoms. The topological polar surface area (TPSA) is 12.0 Å². The van der Waals surface area contributed by atoms with Crippen LogP contribution in [-0.4, -0.2) is 0 Å². The molecule has 0 fully saturated rings. The molecule has 0 unspecified atom stereocenters. The van der Waals surface area contributed by atoms with Gasteiger partial charge in [0.1, 0.15) is 0 Å². The Morgan fingerprint density at radius 2 is 1.70 bits per heavy atom. The largest absolute Gasteiger partial charge is 0.416 e. The van der Waals surface area contributed by atoms with Crippen LogP contribution in [0.1, 0.15) is 11.1 Å². The average Bonchev–Trinajstić information content (AvgIpc) is 2.38. The van der Waals surface area contributed by atoms with E-state index < -0.39 is 11.7 Å². The van der Waals surface area contributed by atoms with Crippen molar-refractivity contribution in [3.05, 3.63) is 62.2 Å². The molecule has 2 aromatic rings. The molecule has 0 aromatic heterocycles. The highest BCUT2D eigenvalue weighted by atomic mass is 127. The summed E-state index contributed by atoms with van der Waals surface area (Å²) >= 11 is 8.09. The molecule has 0 amide bonds. The minimum absolute atomic E-state index is 0.267. The smallest absolute Gasteiger partial charge is 0.380 e. The number of anilines is 1. The Kier molecular flexibility index (Phi) is 4.80. The highest BCUT2D eigenvalue weighted by molar-refractivity contribution is 14.1. The summed E-state index contributed by atoms with van der Waals surface area (Å²) in [6.45, 7) is 0.415. The quantitative estimate of drug-likeness (QED) is 0.651. The zero-order valence-corrected chi connectivity index (χ0v) is 13.1. The lowest BCUT2D eigenvalue weighted by molar-refractivity contribution is -0.137. The number of hydrogen-bond donors (Lipinski definition) is 1. The van der Waals surface area contributed by atoms with E-state index in [-0.39, 0.29) is 10.7 Å². The van der Waals surface area contributed by atoms with Gasteiger partial charge in [0.2, 0.25) is 0 Å². The molecule has 2 rings (SSSR count). The van der Waals surface area contributed by atoms with E-state index in [0.717, 1.165) is 21.3 Å². The summed E-state index contributed by atoms with van der Waals surface area (Å²) in [6.07, 6.45) is -4.37. The first-order valence-corrected chi connectivity index (χ1v) is 7.17. The van der Waals surface area contributed by atoms with Gasteiger partial charge in [0.25, 0.3) is 0 Å². The molecule has 0 saturated carbocycles. The van der Waals surface area contributed by atoms with Crippen LogP contribution >= 0.6 is 34.2 Å². The Hall–Kier alpha value is -0.950. The standard InChI is InChI=1S/C14H10ClF3IN/c15-12-6-3-10(14(16,17)18)7-13(12)20-8-9-1-4-11(19)5-2-9/h1-7,20H,8H2. The molecule has 0 heterocycles. The van der Waals surface area contributed by atoms with Crippen LogP contribution in [0.3, 0.4) is 0 Å². The molecule has 0 saturated heterocycles. The molecule has 0 bridgehead atoms. The van der Waals surface area contributed by atoms with E-state index in [1.54, 1.807) is 0 Å². The van der Waals surface area contributed by atoms with E-state index in [9.17, 15) is 13.2 Å². The van der Waals surface area contributed by atoms with Crippen LogP contribution in [0.5, 0.6) is 0 Å². The Balaban J connectivity index is 2.14. The van der Waals surface area contributed by atoms with E-state index in [0.29, 0.717) is 6.54 Å². The van der Waals surface area contributed by atoms with Crippen molar-refractivity contribution in [3.8, 4) is 0 Å². The first-order valence-electron chi connectivity index (χ1n) is 5.71. The highest BCUT2D eigenvalue weighted by Gasteiger charge is 2.30. The van der Waals surface area contributed by atoms with Gasteiger partial charge in [-0.2, -0.15) is 13.2 Å². The third-order valence-corrected chi connectivity index (χ3v) is 3.74. The van der Waals surface area contributed by atoms with E-state index in [2.05, 4.69) is 27.9 Å². The van der Waals surface area contributed by atoms with Crippen molar-refractivity contribution in [2.24, 2.45) is 0 Å². The fourth-order valence-corrected chi connectivity index (χ4v) is 2.18. The van der Waals surface area contributed by atoms with Gasteiger partial charge in [-0.3, -0.25) is 0 Å². The van der Waals surface area contributed by atoms with E-state index in [4.69, 9.17) is 11.6 Å².